The molecule has 1 saturated carbocycles. The maximum Gasteiger partial charge on any atom is 0.409 e. The van der Waals surface area contributed by atoms with Gasteiger partial charge in [0.2, 0.25) is 0 Å². The lowest BCUT2D eigenvalue weighted by atomic mass is 9.54. The molecule has 4 rings (SSSR count). The molecular weight excluding hydrogens is 326 g/mol. The minimum absolute atomic E-state index is 0.00689. The zero-order valence-electron chi connectivity index (χ0n) is 16.2. The number of carbonyl (C=O) groups excluding carboxylic acids is 2. The summed E-state index contributed by atoms with van der Waals surface area (Å²) in [6.45, 7) is 4.59. The van der Waals surface area contributed by atoms with E-state index in [0.29, 0.717) is 18.3 Å². The Kier molecular flexibility index (Phi) is 3.94. The second-order valence-corrected chi connectivity index (χ2v) is 9.10. The third kappa shape index (κ3) is 2.41. The van der Waals surface area contributed by atoms with Crippen molar-refractivity contribution in [1.29, 1.82) is 0 Å². The van der Waals surface area contributed by atoms with Crippen LogP contribution in [0.15, 0.2) is 35.5 Å². The van der Waals surface area contributed by atoms with E-state index in [0.717, 1.165) is 25.7 Å². The number of allylic oxidation sites excluding steroid dienone is 6. The van der Waals surface area contributed by atoms with Crippen LogP contribution in [-0.2, 0) is 9.53 Å². The van der Waals surface area contributed by atoms with Crippen molar-refractivity contribution in [2.75, 3.05) is 14.1 Å². The summed E-state index contributed by atoms with van der Waals surface area (Å²) in [5.41, 5.74) is 2.65. The zero-order valence-corrected chi connectivity index (χ0v) is 16.2. The molecule has 3 unspecified atom stereocenters. The van der Waals surface area contributed by atoms with Crippen molar-refractivity contribution < 1.29 is 14.3 Å². The summed E-state index contributed by atoms with van der Waals surface area (Å²) in [5, 5.41) is 0. The number of hydrogen-bond acceptors (Lipinski definition) is 3. The minimum atomic E-state index is -0.242. The first-order chi connectivity index (χ1) is 12.3. The smallest absolute Gasteiger partial charge is 0.409 e. The van der Waals surface area contributed by atoms with Crippen molar-refractivity contribution >= 4 is 11.9 Å². The van der Waals surface area contributed by atoms with Crippen LogP contribution in [0.25, 0.3) is 0 Å². The summed E-state index contributed by atoms with van der Waals surface area (Å²) in [5.74, 6) is 1.14. The van der Waals surface area contributed by atoms with Gasteiger partial charge in [-0.15, -0.1) is 0 Å². The molecule has 0 aromatic heterocycles. The number of hydrogen-bond donors (Lipinski definition) is 0. The van der Waals surface area contributed by atoms with Crippen LogP contribution in [0.4, 0.5) is 4.79 Å². The van der Waals surface area contributed by atoms with Crippen molar-refractivity contribution in [2.24, 2.45) is 22.7 Å². The van der Waals surface area contributed by atoms with Crippen molar-refractivity contribution in [1.82, 2.24) is 4.90 Å². The molecule has 1 fully saturated rings. The number of ether oxygens (including phenoxy) is 1. The molecule has 4 aliphatic rings. The lowest BCUT2D eigenvalue weighted by molar-refractivity contribution is -0.115. The highest BCUT2D eigenvalue weighted by Crippen LogP contribution is 2.61. The van der Waals surface area contributed by atoms with E-state index < -0.39 is 0 Å². The highest BCUT2D eigenvalue weighted by molar-refractivity contribution is 5.92. The Hall–Kier alpha value is -1.84. The molecule has 0 bridgehead atoms. The Labute approximate surface area is 156 Å². The predicted octanol–water partition coefficient (Wildman–Crippen LogP) is 4.28. The second kappa shape index (κ2) is 5.83. The molecule has 4 nitrogen and oxygen atoms in total. The Morgan fingerprint density at radius 1 is 1.27 bits per heavy atom. The average molecular weight is 355 g/mol. The monoisotopic (exact) mass is 355 g/mol. The molecule has 4 heteroatoms. The number of nitrogens with zero attached hydrogens (tertiary/aromatic N) is 1. The van der Waals surface area contributed by atoms with E-state index in [-0.39, 0.29) is 28.8 Å². The summed E-state index contributed by atoms with van der Waals surface area (Å²) >= 11 is 0. The molecule has 0 heterocycles. The quantitative estimate of drug-likeness (QED) is 0.660. The molecule has 140 valence electrons. The number of fused-ring (bicyclic) bond motifs is 5. The standard InChI is InChI=1S/C22H29NO3/c1-21-11-9-15(24)13-14(21)5-6-16-17-7-8-19(26-20(25)23(3)4)22(17,2)12-10-18(16)21/h5-6,10,13,16-17,19H,7-9,11-12H2,1-4H3/t16?,17?,19?,21-,22-/m0/s1. The maximum absolute atomic E-state index is 12.1. The predicted molar refractivity (Wildman–Crippen MR) is 101 cm³/mol. The molecule has 0 aromatic rings. The van der Waals surface area contributed by atoms with Crippen molar-refractivity contribution in [3.8, 4) is 0 Å². The van der Waals surface area contributed by atoms with Gasteiger partial charge in [0.1, 0.15) is 6.10 Å². The summed E-state index contributed by atoms with van der Waals surface area (Å²) in [6, 6.07) is 0. The van der Waals surface area contributed by atoms with E-state index in [4.69, 9.17) is 4.74 Å². The van der Waals surface area contributed by atoms with Gasteiger partial charge < -0.3 is 9.64 Å². The molecule has 0 spiro atoms. The van der Waals surface area contributed by atoms with Crippen molar-refractivity contribution in [3.63, 3.8) is 0 Å². The van der Waals surface area contributed by atoms with Gasteiger partial charge in [0, 0.05) is 37.3 Å². The van der Waals surface area contributed by atoms with Gasteiger partial charge in [-0.3, -0.25) is 4.79 Å². The number of amides is 1. The van der Waals surface area contributed by atoms with Crippen molar-refractivity contribution in [2.45, 2.75) is 52.1 Å². The molecule has 1 amide bonds. The molecule has 0 N–H and O–H groups in total. The average Bonchev–Trinajstić information content (AvgIpc) is 2.92. The fourth-order valence-corrected chi connectivity index (χ4v) is 5.71. The number of carbonyl (C=O) groups is 2. The number of rotatable bonds is 1. The van der Waals surface area contributed by atoms with E-state index in [2.05, 4.69) is 32.1 Å². The Morgan fingerprint density at radius 3 is 2.77 bits per heavy atom. The van der Waals surface area contributed by atoms with Crippen LogP contribution < -0.4 is 0 Å². The van der Waals surface area contributed by atoms with Gasteiger partial charge >= 0.3 is 6.09 Å². The van der Waals surface area contributed by atoms with E-state index in [1.807, 2.05) is 6.08 Å². The first-order valence-electron chi connectivity index (χ1n) is 9.77. The van der Waals surface area contributed by atoms with E-state index >= 15 is 0 Å². The molecular formula is C22H29NO3. The van der Waals surface area contributed by atoms with E-state index in [1.165, 1.54) is 16.0 Å². The van der Waals surface area contributed by atoms with Gasteiger partial charge in [-0.1, -0.05) is 37.6 Å². The molecule has 0 radical (unpaired) electrons. The summed E-state index contributed by atoms with van der Waals surface area (Å²) in [4.78, 5) is 25.5. The van der Waals surface area contributed by atoms with Crippen LogP contribution in [0.5, 0.6) is 0 Å². The molecule has 5 atom stereocenters. The van der Waals surface area contributed by atoms with Crippen molar-refractivity contribution in [3.05, 3.63) is 35.5 Å². The largest absolute Gasteiger partial charge is 0.446 e. The minimum Gasteiger partial charge on any atom is -0.446 e. The normalized spacial score (nSPS) is 40.8. The molecule has 0 aromatic carbocycles. The lowest BCUT2D eigenvalue weighted by Crippen LogP contribution is -2.45. The molecule has 0 aliphatic heterocycles. The Bertz CT molecular complexity index is 746. The molecule has 26 heavy (non-hydrogen) atoms. The Balaban J connectivity index is 1.66. The van der Waals surface area contributed by atoms with Gasteiger partial charge in [0.25, 0.3) is 0 Å². The maximum atomic E-state index is 12.1. The fourth-order valence-electron chi connectivity index (χ4n) is 5.71. The third-order valence-corrected chi connectivity index (χ3v) is 7.43. The van der Waals surface area contributed by atoms with Crippen LogP contribution in [-0.4, -0.2) is 37.0 Å². The van der Waals surface area contributed by atoms with Crippen LogP contribution >= 0.6 is 0 Å². The summed E-state index contributed by atoms with van der Waals surface area (Å²) < 4.78 is 5.85. The van der Waals surface area contributed by atoms with Crippen LogP contribution in [0, 0.1) is 22.7 Å². The highest BCUT2D eigenvalue weighted by Gasteiger charge is 2.56. The molecule has 4 aliphatic carbocycles. The van der Waals surface area contributed by atoms with Crippen LogP contribution in [0.3, 0.4) is 0 Å². The van der Waals surface area contributed by atoms with Gasteiger partial charge in [-0.2, -0.15) is 0 Å². The first kappa shape index (κ1) is 17.6. The van der Waals surface area contributed by atoms with Gasteiger partial charge in [0.15, 0.2) is 5.78 Å². The number of ketones is 1. The van der Waals surface area contributed by atoms with E-state index in [1.54, 1.807) is 14.1 Å². The Morgan fingerprint density at radius 2 is 2.04 bits per heavy atom. The molecule has 0 saturated heterocycles. The van der Waals surface area contributed by atoms with Gasteiger partial charge in [0.05, 0.1) is 0 Å². The highest BCUT2D eigenvalue weighted by atomic mass is 16.6. The summed E-state index contributed by atoms with van der Waals surface area (Å²) in [6.07, 6.45) is 13.0. The second-order valence-electron chi connectivity index (χ2n) is 9.10. The topological polar surface area (TPSA) is 46.6 Å². The first-order valence-corrected chi connectivity index (χ1v) is 9.77. The van der Waals surface area contributed by atoms with E-state index in [9.17, 15) is 9.59 Å². The van der Waals surface area contributed by atoms with Crippen LogP contribution in [0.1, 0.15) is 46.0 Å². The zero-order chi connectivity index (χ0) is 18.7. The van der Waals surface area contributed by atoms with Crippen LogP contribution in [0.2, 0.25) is 0 Å². The lowest BCUT2D eigenvalue weighted by Gasteiger charge is -2.50. The van der Waals surface area contributed by atoms with Gasteiger partial charge in [-0.05, 0) is 43.3 Å². The summed E-state index contributed by atoms with van der Waals surface area (Å²) in [7, 11) is 3.47. The SMILES string of the molecule is CN(C)C(=O)OC1CCC2C3C=CC4=CC(=O)CC[C@]4(C)C3=CC[C@]12C. The fraction of sp³-hybridized carbons (Fsp3) is 0.636. The third-order valence-electron chi connectivity index (χ3n) is 7.43. The van der Waals surface area contributed by atoms with Gasteiger partial charge in [-0.25, -0.2) is 4.79 Å².